The van der Waals surface area contributed by atoms with Crippen molar-refractivity contribution in [3.8, 4) is 11.5 Å². The Hall–Kier alpha value is -2.86. The maximum atomic E-state index is 13.1. The van der Waals surface area contributed by atoms with E-state index in [-0.39, 0.29) is 35.1 Å². The summed E-state index contributed by atoms with van der Waals surface area (Å²) >= 11 is 0. The normalized spacial score (nSPS) is 13.3. The predicted octanol–water partition coefficient (Wildman–Crippen LogP) is 2.96. The first-order valence-electron chi connectivity index (χ1n) is 10.3. The van der Waals surface area contributed by atoms with Crippen LogP contribution in [0.4, 0.5) is 0 Å². The number of carbonyl (C=O) groups is 2. The third kappa shape index (κ3) is 7.19. The van der Waals surface area contributed by atoms with Gasteiger partial charge in [0.2, 0.25) is 5.91 Å². The van der Waals surface area contributed by atoms with Crippen molar-refractivity contribution < 1.29 is 19.8 Å². The highest BCUT2D eigenvalue weighted by molar-refractivity contribution is 5.92. The predicted molar refractivity (Wildman–Crippen MR) is 117 cm³/mol. The smallest absolute Gasteiger partial charge is 0.238 e. The number of nitrogens with one attached hydrogen (secondary N) is 2. The van der Waals surface area contributed by atoms with Crippen LogP contribution in [0.5, 0.6) is 11.5 Å². The number of phenols is 2. The fraction of sp³-hybridized carbons (Fsp3) is 0.417. The van der Waals surface area contributed by atoms with E-state index in [1.54, 1.807) is 48.5 Å². The summed E-state index contributed by atoms with van der Waals surface area (Å²) in [7, 11) is 0. The van der Waals surface area contributed by atoms with Crippen LogP contribution >= 0.6 is 0 Å². The molecular formula is C24H32N2O4. The summed E-state index contributed by atoms with van der Waals surface area (Å²) in [5, 5.41) is 25.2. The number of phenolic OH excluding ortho intramolecular Hbond substituents is 2. The van der Waals surface area contributed by atoms with Gasteiger partial charge in [-0.15, -0.1) is 0 Å². The Bertz CT molecular complexity index is 829. The Morgan fingerprint density at radius 1 is 0.767 bits per heavy atom. The van der Waals surface area contributed by atoms with Crippen LogP contribution in [0.3, 0.4) is 0 Å². The van der Waals surface area contributed by atoms with Crippen LogP contribution in [0.2, 0.25) is 0 Å². The van der Waals surface area contributed by atoms with Crippen molar-refractivity contribution in [2.45, 2.75) is 58.7 Å². The van der Waals surface area contributed by atoms with E-state index < -0.39 is 12.1 Å². The Morgan fingerprint density at radius 2 is 1.20 bits per heavy atom. The first-order chi connectivity index (χ1) is 14.2. The lowest BCUT2D eigenvalue weighted by Crippen LogP contribution is -2.53. The number of rotatable bonds is 10. The summed E-state index contributed by atoms with van der Waals surface area (Å²) in [5.41, 5.74) is 1.77. The molecule has 6 heteroatoms. The molecule has 0 bridgehead atoms. The van der Waals surface area contributed by atoms with Crippen LogP contribution in [0.25, 0.3) is 0 Å². The zero-order valence-electron chi connectivity index (χ0n) is 18.1. The SMILES string of the molecule is CC(C)NC(Cc1ccc(O)cc1)C(=O)NC(Cc1ccc(O)cc1)C(=O)C(C)C. The lowest BCUT2D eigenvalue weighted by molar-refractivity contribution is -0.130. The molecule has 0 spiro atoms. The van der Waals surface area contributed by atoms with Gasteiger partial charge in [0.25, 0.3) is 0 Å². The number of carbonyl (C=O) groups excluding carboxylic acids is 2. The molecule has 0 saturated carbocycles. The number of ketones is 1. The topological polar surface area (TPSA) is 98.7 Å². The molecule has 0 aliphatic carbocycles. The van der Waals surface area contributed by atoms with Crippen LogP contribution in [0, 0.1) is 5.92 Å². The second-order valence-electron chi connectivity index (χ2n) is 8.23. The maximum Gasteiger partial charge on any atom is 0.238 e. The number of hydrogen-bond acceptors (Lipinski definition) is 5. The van der Waals surface area contributed by atoms with E-state index in [4.69, 9.17) is 0 Å². The minimum absolute atomic E-state index is 0.0376. The number of amides is 1. The summed E-state index contributed by atoms with van der Waals surface area (Å²) in [6.07, 6.45) is 0.794. The van der Waals surface area contributed by atoms with E-state index in [2.05, 4.69) is 10.6 Å². The van der Waals surface area contributed by atoms with Gasteiger partial charge in [0.15, 0.2) is 5.78 Å². The molecule has 2 atom stereocenters. The molecule has 2 aromatic rings. The van der Waals surface area contributed by atoms with Crippen molar-refractivity contribution in [1.82, 2.24) is 10.6 Å². The molecular weight excluding hydrogens is 380 g/mol. The molecule has 6 nitrogen and oxygen atoms in total. The summed E-state index contributed by atoms with van der Waals surface area (Å²) in [6, 6.07) is 12.3. The molecule has 0 heterocycles. The van der Waals surface area contributed by atoms with Crippen molar-refractivity contribution in [2.24, 2.45) is 5.92 Å². The van der Waals surface area contributed by atoms with Gasteiger partial charge < -0.3 is 20.8 Å². The highest BCUT2D eigenvalue weighted by atomic mass is 16.3. The van der Waals surface area contributed by atoms with E-state index >= 15 is 0 Å². The molecule has 4 N–H and O–H groups in total. The second kappa shape index (κ2) is 10.8. The summed E-state index contributed by atoms with van der Waals surface area (Å²) in [4.78, 5) is 25.9. The van der Waals surface area contributed by atoms with Gasteiger partial charge in [0, 0.05) is 12.0 Å². The van der Waals surface area contributed by atoms with Gasteiger partial charge in [-0.2, -0.15) is 0 Å². The zero-order chi connectivity index (χ0) is 22.3. The van der Waals surface area contributed by atoms with Crippen LogP contribution < -0.4 is 10.6 Å². The zero-order valence-corrected chi connectivity index (χ0v) is 18.1. The molecule has 0 aliphatic rings. The molecule has 162 valence electrons. The highest BCUT2D eigenvalue weighted by Crippen LogP contribution is 2.15. The summed E-state index contributed by atoms with van der Waals surface area (Å²) in [5.74, 6) is -0.169. The van der Waals surface area contributed by atoms with Gasteiger partial charge in [0.05, 0.1) is 12.1 Å². The van der Waals surface area contributed by atoms with Gasteiger partial charge in [-0.05, 0) is 48.2 Å². The quantitative estimate of drug-likeness (QED) is 0.481. The second-order valence-corrected chi connectivity index (χ2v) is 8.23. The molecule has 0 fully saturated rings. The lowest BCUT2D eigenvalue weighted by Gasteiger charge is -2.25. The van der Waals surface area contributed by atoms with Gasteiger partial charge in [-0.25, -0.2) is 0 Å². The van der Waals surface area contributed by atoms with E-state index in [0.29, 0.717) is 12.8 Å². The third-order valence-electron chi connectivity index (χ3n) is 4.83. The standard InChI is InChI=1S/C24H32N2O4/c1-15(2)23(29)21(13-17-5-9-19(27)10-6-17)26-24(30)22(25-16(3)4)14-18-7-11-20(28)12-8-18/h5-12,15-16,21-22,25,27-28H,13-14H2,1-4H3,(H,26,30). The van der Waals surface area contributed by atoms with E-state index in [1.807, 2.05) is 27.7 Å². The highest BCUT2D eigenvalue weighted by Gasteiger charge is 2.27. The Morgan fingerprint density at radius 3 is 1.60 bits per heavy atom. The number of aromatic hydroxyl groups is 2. The lowest BCUT2D eigenvalue weighted by atomic mass is 9.95. The maximum absolute atomic E-state index is 13.1. The fourth-order valence-electron chi connectivity index (χ4n) is 3.26. The van der Waals surface area contributed by atoms with Gasteiger partial charge >= 0.3 is 0 Å². The number of benzene rings is 2. The molecule has 0 aromatic heterocycles. The van der Waals surface area contributed by atoms with Gasteiger partial charge in [-0.3, -0.25) is 9.59 Å². The van der Waals surface area contributed by atoms with Gasteiger partial charge in [0.1, 0.15) is 11.5 Å². The van der Waals surface area contributed by atoms with E-state index in [9.17, 15) is 19.8 Å². The van der Waals surface area contributed by atoms with E-state index in [0.717, 1.165) is 11.1 Å². The molecule has 30 heavy (non-hydrogen) atoms. The molecule has 2 unspecified atom stereocenters. The number of hydrogen-bond donors (Lipinski definition) is 4. The minimum Gasteiger partial charge on any atom is -0.508 e. The van der Waals surface area contributed by atoms with Crippen molar-refractivity contribution in [2.75, 3.05) is 0 Å². The van der Waals surface area contributed by atoms with Gasteiger partial charge in [-0.1, -0.05) is 52.0 Å². The third-order valence-corrected chi connectivity index (χ3v) is 4.83. The van der Waals surface area contributed by atoms with Crippen LogP contribution in [-0.2, 0) is 22.4 Å². The average Bonchev–Trinajstić information content (AvgIpc) is 2.69. The number of Topliss-reactive ketones (excluding diaryl/α,β-unsaturated/α-hetero) is 1. The van der Waals surface area contributed by atoms with Crippen molar-refractivity contribution in [3.05, 3.63) is 59.7 Å². The van der Waals surface area contributed by atoms with Crippen molar-refractivity contribution in [1.29, 1.82) is 0 Å². The van der Waals surface area contributed by atoms with E-state index in [1.165, 1.54) is 0 Å². The summed E-state index contributed by atoms with van der Waals surface area (Å²) < 4.78 is 0. The van der Waals surface area contributed by atoms with Crippen LogP contribution in [-0.4, -0.2) is 40.0 Å². The Balaban J connectivity index is 2.18. The average molecular weight is 413 g/mol. The van der Waals surface area contributed by atoms with Crippen LogP contribution in [0.1, 0.15) is 38.8 Å². The fourth-order valence-corrected chi connectivity index (χ4v) is 3.26. The van der Waals surface area contributed by atoms with Crippen molar-refractivity contribution in [3.63, 3.8) is 0 Å². The molecule has 0 saturated heterocycles. The Labute approximate surface area is 178 Å². The molecule has 1 amide bonds. The largest absolute Gasteiger partial charge is 0.508 e. The molecule has 0 radical (unpaired) electrons. The molecule has 2 rings (SSSR count). The van der Waals surface area contributed by atoms with Crippen LogP contribution in [0.15, 0.2) is 48.5 Å². The minimum atomic E-state index is -0.654. The first kappa shape index (κ1) is 23.4. The molecule has 2 aromatic carbocycles. The molecule has 0 aliphatic heterocycles. The Kier molecular flexibility index (Phi) is 8.42. The van der Waals surface area contributed by atoms with Crippen molar-refractivity contribution >= 4 is 11.7 Å². The first-order valence-corrected chi connectivity index (χ1v) is 10.3. The monoisotopic (exact) mass is 412 g/mol. The summed E-state index contributed by atoms with van der Waals surface area (Å²) in [6.45, 7) is 7.56.